The van der Waals surface area contributed by atoms with Gasteiger partial charge in [-0.3, -0.25) is 13.8 Å². The topological polar surface area (TPSA) is 97.4 Å². The number of ether oxygens (including phenoxy) is 5. The molecular weight excluding hydrogens is 412 g/mol. The molecule has 0 aliphatic rings. The van der Waals surface area contributed by atoms with E-state index in [0.717, 1.165) is 0 Å². The van der Waals surface area contributed by atoms with Crippen molar-refractivity contribution in [3.8, 4) is 23.0 Å². The van der Waals surface area contributed by atoms with E-state index in [0.29, 0.717) is 28.0 Å². The van der Waals surface area contributed by atoms with Gasteiger partial charge in [0, 0.05) is 17.7 Å². The van der Waals surface area contributed by atoms with Gasteiger partial charge in [-0.25, -0.2) is 0 Å². The molecule has 0 radical (unpaired) electrons. The Kier molecular flexibility index (Phi) is 8.05. The van der Waals surface area contributed by atoms with Crippen molar-refractivity contribution in [2.24, 2.45) is 5.92 Å². The van der Waals surface area contributed by atoms with Crippen molar-refractivity contribution in [1.82, 2.24) is 0 Å². The normalized spacial score (nSPS) is 11.8. The number of fused-ring (bicyclic) bond motifs is 1. The number of hydrogen-bond donors (Lipinski definition) is 0. The molecule has 0 spiro atoms. The lowest BCUT2D eigenvalue weighted by atomic mass is 10.1. The van der Waals surface area contributed by atoms with Crippen LogP contribution in [0.15, 0.2) is 23.1 Å². The molecule has 2 rings (SSSR count). The summed E-state index contributed by atoms with van der Waals surface area (Å²) in [7, 11) is 2.33. The first-order valence-corrected chi connectivity index (χ1v) is 10.5. The summed E-state index contributed by atoms with van der Waals surface area (Å²) in [6.07, 6.45) is 0. The molecule has 1 unspecified atom stereocenters. The Morgan fingerprint density at radius 2 is 1.63 bits per heavy atom. The van der Waals surface area contributed by atoms with Crippen molar-refractivity contribution < 1.29 is 37.5 Å². The van der Waals surface area contributed by atoms with Gasteiger partial charge < -0.3 is 23.7 Å². The summed E-state index contributed by atoms with van der Waals surface area (Å²) >= 11 is 0. The number of benzene rings is 2. The SMILES string of the molecule is COC(=O)CS(=O)c1cccc2c(OC(C)=O)c(OC)c(OC)c(OCC(C)C)c12. The smallest absolute Gasteiger partial charge is 0.318 e. The van der Waals surface area contributed by atoms with E-state index in [1.54, 1.807) is 18.2 Å². The van der Waals surface area contributed by atoms with Crippen LogP contribution in [0.1, 0.15) is 20.8 Å². The van der Waals surface area contributed by atoms with Crippen LogP contribution in [-0.2, 0) is 25.1 Å². The van der Waals surface area contributed by atoms with Crippen molar-refractivity contribution in [2.45, 2.75) is 25.7 Å². The number of esters is 2. The molecule has 164 valence electrons. The number of carbonyl (C=O) groups excluding carboxylic acids is 2. The maximum absolute atomic E-state index is 13.0. The van der Waals surface area contributed by atoms with Gasteiger partial charge in [0.15, 0.2) is 11.5 Å². The standard InChI is InChI=1S/C21H26O8S/c1-12(2)10-28-19-17-14(8-7-9-15(17)30(24)11-16(23)25-4)18(29-13(3)22)20(26-5)21(19)27-6/h7-9,12H,10-11H2,1-6H3. The van der Waals surface area contributed by atoms with Crippen LogP contribution in [0.25, 0.3) is 10.8 Å². The highest BCUT2D eigenvalue weighted by Crippen LogP contribution is 2.52. The number of rotatable bonds is 9. The Labute approximate surface area is 177 Å². The minimum atomic E-state index is -1.74. The third kappa shape index (κ3) is 5.02. The van der Waals surface area contributed by atoms with Gasteiger partial charge >= 0.3 is 11.9 Å². The highest BCUT2D eigenvalue weighted by atomic mass is 32.2. The summed E-state index contributed by atoms with van der Waals surface area (Å²) in [4.78, 5) is 23.8. The fourth-order valence-corrected chi connectivity index (χ4v) is 3.98. The lowest BCUT2D eigenvalue weighted by molar-refractivity contribution is -0.137. The second-order valence-corrected chi connectivity index (χ2v) is 8.19. The van der Waals surface area contributed by atoms with E-state index < -0.39 is 22.7 Å². The predicted octanol–water partition coefficient (Wildman–Crippen LogP) is 3.10. The van der Waals surface area contributed by atoms with Crippen molar-refractivity contribution in [2.75, 3.05) is 33.7 Å². The average Bonchev–Trinajstić information content (AvgIpc) is 2.71. The van der Waals surface area contributed by atoms with E-state index in [1.807, 2.05) is 13.8 Å². The molecule has 0 amide bonds. The summed E-state index contributed by atoms with van der Waals surface area (Å²) in [5, 5.41) is 0.853. The first-order valence-electron chi connectivity index (χ1n) is 9.22. The van der Waals surface area contributed by atoms with Crippen LogP contribution in [0.4, 0.5) is 0 Å². The van der Waals surface area contributed by atoms with Crippen LogP contribution in [0, 0.1) is 5.92 Å². The highest BCUT2D eigenvalue weighted by molar-refractivity contribution is 7.86. The lowest BCUT2D eigenvalue weighted by Gasteiger charge is -2.21. The van der Waals surface area contributed by atoms with E-state index >= 15 is 0 Å². The second-order valence-electron chi connectivity index (χ2n) is 6.77. The molecule has 0 N–H and O–H groups in total. The van der Waals surface area contributed by atoms with Crippen molar-refractivity contribution in [1.29, 1.82) is 0 Å². The lowest BCUT2D eigenvalue weighted by Crippen LogP contribution is -2.13. The van der Waals surface area contributed by atoms with Gasteiger partial charge in [0.05, 0.1) is 43.6 Å². The Hall–Kier alpha value is -2.81. The van der Waals surface area contributed by atoms with Gasteiger partial charge in [-0.15, -0.1) is 0 Å². The van der Waals surface area contributed by atoms with E-state index in [2.05, 4.69) is 4.74 Å². The minimum absolute atomic E-state index is 0.116. The Morgan fingerprint density at radius 1 is 1.00 bits per heavy atom. The molecule has 2 aromatic carbocycles. The van der Waals surface area contributed by atoms with Crippen LogP contribution >= 0.6 is 0 Å². The van der Waals surface area contributed by atoms with Gasteiger partial charge in [0.25, 0.3) is 0 Å². The van der Waals surface area contributed by atoms with Crippen molar-refractivity contribution >= 4 is 33.5 Å². The van der Waals surface area contributed by atoms with Crippen LogP contribution < -0.4 is 18.9 Å². The molecule has 9 heteroatoms. The van der Waals surface area contributed by atoms with Crippen molar-refractivity contribution in [3.05, 3.63) is 18.2 Å². The zero-order valence-electron chi connectivity index (χ0n) is 17.9. The van der Waals surface area contributed by atoms with Crippen LogP contribution in [0.3, 0.4) is 0 Å². The molecule has 1 atom stereocenters. The highest BCUT2D eigenvalue weighted by Gasteiger charge is 2.28. The molecular formula is C21H26O8S. The van der Waals surface area contributed by atoms with Gasteiger partial charge in [-0.05, 0) is 12.0 Å². The monoisotopic (exact) mass is 438 g/mol. The fraction of sp³-hybridized carbons (Fsp3) is 0.429. The summed E-state index contributed by atoms with van der Waals surface area (Å²) in [5.74, 6) is -0.537. The second kappa shape index (κ2) is 10.3. The zero-order valence-corrected chi connectivity index (χ0v) is 18.7. The van der Waals surface area contributed by atoms with E-state index in [-0.39, 0.29) is 28.9 Å². The van der Waals surface area contributed by atoms with Gasteiger partial charge in [0.2, 0.25) is 11.5 Å². The zero-order chi connectivity index (χ0) is 22.4. The third-order valence-corrected chi connectivity index (χ3v) is 5.38. The van der Waals surface area contributed by atoms with Gasteiger partial charge in [-0.1, -0.05) is 26.0 Å². The summed E-state index contributed by atoms with van der Waals surface area (Å²) in [6.45, 7) is 5.57. The van der Waals surface area contributed by atoms with E-state index in [9.17, 15) is 13.8 Å². The van der Waals surface area contributed by atoms with E-state index in [4.69, 9.17) is 18.9 Å². The predicted molar refractivity (Wildman–Crippen MR) is 112 cm³/mol. The maximum atomic E-state index is 13.0. The molecule has 0 aliphatic heterocycles. The summed E-state index contributed by atoms with van der Waals surface area (Å²) < 4.78 is 40.1. The number of methoxy groups -OCH3 is 3. The van der Waals surface area contributed by atoms with Crippen LogP contribution in [-0.4, -0.2) is 49.8 Å². The van der Waals surface area contributed by atoms with Crippen LogP contribution in [0.2, 0.25) is 0 Å². The van der Waals surface area contributed by atoms with Gasteiger partial charge in [0.1, 0.15) is 5.75 Å². The molecule has 8 nitrogen and oxygen atoms in total. The third-order valence-electron chi connectivity index (χ3n) is 4.05. The van der Waals surface area contributed by atoms with Crippen LogP contribution in [0.5, 0.6) is 23.0 Å². The molecule has 0 saturated carbocycles. The number of hydrogen-bond acceptors (Lipinski definition) is 8. The van der Waals surface area contributed by atoms with E-state index in [1.165, 1.54) is 28.3 Å². The maximum Gasteiger partial charge on any atom is 0.318 e. The summed E-state index contributed by atoms with van der Waals surface area (Å²) in [5.41, 5.74) is 0. The first-order chi connectivity index (χ1) is 14.2. The first kappa shape index (κ1) is 23.5. The molecule has 0 saturated heterocycles. The molecule has 0 aromatic heterocycles. The molecule has 0 aliphatic carbocycles. The summed E-state index contributed by atoms with van der Waals surface area (Å²) in [6, 6.07) is 4.96. The Balaban J connectivity index is 2.91. The fourth-order valence-electron chi connectivity index (χ4n) is 2.83. The minimum Gasteiger partial charge on any atom is -0.490 e. The Morgan fingerprint density at radius 3 is 2.17 bits per heavy atom. The largest absolute Gasteiger partial charge is 0.490 e. The average molecular weight is 438 g/mol. The molecule has 30 heavy (non-hydrogen) atoms. The van der Waals surface area contributed by atoms with Gasteiger partial charge in [-0.2, -0.15) is 0 Å². The molecule has 0 fully saturated rings. The van der Waals surface area contributed by atoms with Crippen molar-refractivity contribution in [3.63, 3.8) is 0 Å². The Bertz CT molecular complexity index is 967. The number of carbonyl (C=O) groups is 2. The molecule has 2 aromatic rings. The quantitative estimate of drug-likeness (QED) is 0.435. The molecule has 0 bridgehead atoms. The molecule has 0 heterocycles.